The summed E-state index contributed by atoms with van der Waals surface area (Å²) in [7, 11) is 0. The van der Waals surface area contributed by atoms with Crippen molar-refractivity contribution in [3.05, 3.63) is 18.1 Å². The van der Waals surface area contributed by atoms with Crippen LogP contribution in [-0.2, 0) is 14.3 Å². The van der Waals surface area contributed by atoms with E-state index in [2.05, 4.69) is 15.1 Å². The summed E-state index contributed by atoms with van der Waals surface area (Å²) in [6.07, 6.45) is 9.00. The molecule has 0 amide bonds. The molecular weight excluding hydrogens is 378 g/mol. The van der Waals surface area contributed by atoms with E-state index >= 15 is 0 Å². The van der Waals surface area contributed by atoms with Gasteiger partial charge in [0.1, 0.15) is 5.71 Å². The topological polar surface area (TPSA) is 93.9 Å². The van der Waals surface area contributed by atoms with Crippen LogP contribution in [-0.4, -0.2) is 51.9 Å². The maximum absolute atomic E-state index is 14.0. The van der Waals surface area contributed by atoms with E-state index in [-0.39, 0.29) is 17.6 Å². The summed E-state index contributed by atoms with van der Waals surface area (Å²) in [5.41, 5.74) is -0.351. The van der Waals surface area contributed by atoms with Gasteiger partial charge in [0.2, 0.25) is 0 Å². The van der Waals surface area contributed by atoms with Crippen molar-refractivity contribution in [2.45, 2.75) is 49.3 Å². The van der Waals surface area contributed by atoms with Crippen LogP contribution in [0.3, 0.4) is 0 Å². The monoisotopic (exact) mass is 403 g/mol. The van der Waals surface area contributed by atoms with Crippen molar-refractivity contribution in [2.75, 3.05) is 19.5 Å². The quantitative estimate of drug-likeness (QED) is 0.273. The maximum Gasteiger partial charge on any atom is 0.181 e. The third-order valence-corrected chi connectivity index (χ3v) is 7.94. The highest BCUT2D eigenvalue weighted by Crippen LogP contribution is 2.66. The summed E-state index contributed by atoms with van der Waals surface area (Å²) in [5.74, 6) is -0.401. The third-order valence-electron chi connectivity index (χ3n) is 7.30. The lowest BCUT2D eigenvalue weighted by Crippen LogP contribution is -2.69. The van der Waals surface area contributed by atoms with Crippen LogP contribution >= 0.6 is 11.8 Å². The number of ketones is 1. The predicted octanol–water partition coefficient (Wildman–Crippen LogP) is 2.91. The molecule has 2 spiro atoms. The van der Waals surface area contributed by atoms with Crippen LogP contribution in [0, 0.1) is 23.2 Å². The number of ether oxygens (including phenoxy) is 2. The number of oxime groups is 1. The Kier molecular flexibility index (Phi) is 4.48. The molecular formula is C20H25N3O4S. The Balaban J connectivity index is 1.57. The van der Waals surface area contributed by atoms with Crippen LogP contribution in [0.4, 0.5) is 0 Å². The fourth-order valence-electron chi connectivity index (χ4n) is 6.06. The largest absolute Gasteiger partial charge is 0.411 e. The minimum absolute atomic E-state index is 0.104. The summed E-state index contributed by atoms with van der Waals surface area (Å²) >= 11 is 1.49. The zero-order valence-electron chi connectivity index (χ0n) is 16.0. The van der Waals surface area contributed by atoms with E-state index in [1.54, 1.807) is 6.20 Å². The van der Waals surface area contributed by atoms with E-state index in [0.717, 1.165) is 43.6 Å². The Morgan fingerprint density at radius 3 is 2.75 bits per heavy atom. The first-order valence-electron chi connectivity index (χ1n) is 10.1. The number of rotatable bonds is 3. The van der Waals surface area contributed by atoms with E-state index in [0.29, 0.717) is 24.7 Å². The fourth-order valence-corrected chi connectivity index (χ4v) is 6.43. The first-order valence-corrected chi connectivity index (χ1v) is 11.3. The molecule has 2 unspecified atom stereocenters. The fraction of sp³-hybridized carbons (Fsp3) is 0.700. The number of Topliss-reactive ketones (excluding diaryl/α,β-unsaturated/α-hetero) is 1. The molecule has 5 fully saturated rings. The van der Waals surface area contributed by atoms with E-state index in [9.17, 15) is 10.0 Å². The van der Waals surface area contributed by atoms with Gasteiger partial charge < -0.3 is 14.7 Å². The minimum Gasteiger partial charge on any atom is -0.411 e. The Bertz CT molecular complexity index is 819. The lowest BCUT2D eigenvalue weighted by molar-refractivity contribution is -0.284. The molecule has 8 heteroatoms. The molecule has 150 valence electrons. The van der Waals surface area contributed by atoms with Crippen LogP contribution in [0.15, 0.2) is 22.4 Å². The standard InChI is InChI=1S/C20H25N3O4S/c1-28-14-4-7-21-18(22-14)16(23-25)15-12-10-13(11-12)19(17(15)24)5-2-3-6-20(19)26-8-9-27-20/h4,7,12-13,15,25H,2-3,5-6,8-11H2,1H3/b23-16-. The molecule has 1 aromatic heterocycles. The van der Waals surface area contributed by atoms with Crippen LogP contribution in [0.25, 0.3) is 0 Å². The molecule has 2 atom stereocenters. The van der Waals surface area contributed by atoms with Gasteiger partial charge in [-0.2, -0.15) is 0 Å². The van der Waals surface area contributed by atoms with Gasteiger partial charge in [-0.15, -0.1) is 11.8 Å². The second-order valence-electron chi connectivity index (χ2n) is 8.31. The highest BCUT2D eigenvalue weighted by atomic mass is 32.2. The van der Waals surface area contributed by atoms with Crippen molar-refractivity contribution in [2.24, 2.45) is 28.3 Å². The summed E-state index contributed by atoms with van der Waals surface area (Å²) in [6, 6.07) is 1.81. The third kappa shape index (κ3) is 2.37. The molecule has 0 radical (unpaired) electrons. The predicted molar refractivity (Wildman–Crippen MR) is 102 cm³/mol. The molecule has 1 aromatic rings. The molecule has 4 saturated carbocycles. The lowest BCUT2D eigenvalue weighted by atomic mass is 9.42. The van der Waals surface area contributed by atoms with Gasteiger partial charge in [0.15, 0.2) is 17.4 Å². The average Bonchev–Trinajstić information content (AvgIpc) is 3.16. The SMILES string of the molecule is CSc1ccnc(/C(=N\O)C2C(=O)C3(CCCCC34OCCO4)C3CC2C3)n1. The normalized spacial score (nSPS) is 36.7. The van der Waals surface area contributed by atoms with Crippen LogP contribution in [0.2, 0.25) is 0 Å². The van der Waals surface area contributed by atoms with Crippen molar-refractivity contribution in [3.63, 3.8) is 0 Å². The zero-order chi connectivity index (χ0) is 19.4. The number of aromatic nitrogens is 2. The molecule has 1 N–H and O–H groups in total. The Morgan fingerprint density at radius 1 is 1.29 bits per heavy atom. The van der Waals surface area contributed by atoms with Gasteiger partial charge in [-0.05, 0) is 49.8 Å². The van der Waals surface area contributed by atoms with Gasteiger partial charge in [-0.25, -0.2) is 9.97 Å². The number of carbonyl (C=O) groups is 1. The van der Waals surface area contributed by atoms with Crippen LogP contribution in [0.1, 0.15) is 44.3 Å². The number of carbonyl (C=O) groups excluding carboxylic acids is 1. The van der Waals surface area contributed by atoms with Gasteiger partial charge in [0.25, 0.3) is 0 Å². The Labute approximate surface area is 168 Å². The van der Waals surface area contributed by atoms with Crippen molar-refractivity contribution in [1.82, 2.24) is 9.97 Å². The number of thioether (sulfide) groups is 1. The Morgan fingerprint density at radius 2 is 2.04 bits per heavy atom. The van der Waals surface area contributed by atoms with Gasteiger partial charge in [-0.1, -0.05) is 11.6 Å². The van der Waals surface area contributed by atoms with Crippen molar-refractivity contribution in [1.29, 1.82) is 0 Å². The molecule has 6 rings (SSSR count). The van der Waals surface area contributed by atoms with Crippen molar-refractivity contribution >= 4 is 23.3 Å². The van der Waals surface area contributed by atoms with E-state index in [1.165, 1.54) is 11.8 Å². The van der Waals surface area contributed by atoms with Gasteiger partial charge in [0.05, 0.1) is 29.6 Å². The molecule has 0 aromatic carbocycles. The number of nitrogens with zero attached hydrogens (tertiary/aromatic N) is 3. The smallest absolute Gasteiger partial charge is 0.181 e. The molecule has 2 heterocycles. The van der Waals surface area contributed by atoms with Crippen molar-refractivity contribution in [3.8, 4) is 0 Å². The second-order valence-corrected chi connectivity index (χ2v) is 9.13. The summed E-state index contributed by atoms with van der Waals surface area (Å²) in [6.45, 7) is 1.07. The van der Waals surface area contributed by atoms with Crippen LogP contribution < -0.4 is 0 Å². The average molecular weight is 404 g/mol. The summed E-state index contributed by atoms with van der Waals surface area (Å²) in [5, 5.41) is 14.2. The van der Waals surface area contributed by atoms with E-state index < -0.39 is 17.1 Å². The molecule has 28 heavy (non-hydrogen) atoms. The molecule has 7 nitrogen and oxygen atoms in total. The molecule has 1 saturated heterocycles. The van der Waals surface area contributed by atoms with Gasteiger partial charge in [-0.3, -0.25) is 4.79 Å². The number of hydrogen-bond donors (Lipinski definition) is 1. The highest BCUT2D eigenvalue weighted by Gasteiger charge is 2.72. The van der Waals surface area contributed by atoms with E-state index in [1.807, 2.05) is 12.3 Å². The van der Waals surface area contributed by atoms with Crippen molar-refractivity contribution < 1.29 is 19.5 Å². The molecule has 5 aliphatic rings. The number of fused-ring (bicyclic) bond motifs is 1. The maximum atomic E-state index is 14.0. The summed E-state index contributed by atoms with van der Waals surface area (Å²) in [4.78, 5) is 22.8. The highest BCUT2D eigenvalue weighted by molar-refractivity contribution is 7.98. The first kappa shape index (κ1) is 18.5. The van der Waals surface area contributed by atoms with E-state index in [4.69, 9.17) is 9.47 Å². The van der Waals surface area contributed by atoms with Crippen LogP contribution in [0.5, 0.6) is 0 Å². The van der Waals surface area contributed by atoms with Gasteiger partial charge in [0, 0.05) is 12.6 Å². The van der Waals surface area contributed by atoms with Gasteiger partial charge >= 0.3 is 0 Å². The molecule has 1 aliphatic heterocycles. The second kappa shape index (κ2) is 6.78. The zero-order valence-corrected chi connectivity index (χ0v) is 16.8. The number of hydrogen-bond acceptors (Lipinski definition) is 8. The molecule has 2 bridgehead atoms. The summed E-state index contributed by atoms with van der Waals surface area (Å²) < 4.78 is 12.3. The molecule has 4 aliphatic carbocycles. The Hall–Kier alpha value is -1.51. The lowest BCUT2D eigenvalue weighted by Gasteiger charge is -2.63. The minimum atomic E-state index is -0.806. The first-order chi connectivity index (χ1) is 13.6.